The van der Waals surface area contributed by atoms with Crippen LogP contribution in [0, 0.1) is 0 Å². The van der Waals surface area contributed by atoms with Gasteiger partial charge in [-0.2, -0.15) is 0 Å². The molecule has 1 aromatic carbocycles. The van der Waals surface area contributed by atoms with Crippen molar-refractivity contribution in [1.82, 2.24) is 0 Å². The first kappa shape index (κ1) is 10.6. The Morgan fingerprint density at radius 3 is 2.67 bits per heavy atom. The number of nitrogens with zero attached hydrogens (tertiary/aromatic N) is 1. The molecular formula is C10H9Cl2NO2. The predicted molar refractivity (Wildman–Crippen MR) is 59.7 cm³/mol. The lowest BCUT2D eigenvalue weighted by atomic mass is 10.3. The summed E-state index contributed by atoms with van der Waals surface area (Å²) in [7, 11) is 0. The van der Waals surface area contributed by atoms with E-state index in [2.05, 4.69) is 5.16 Å². The molecule has 1 aliphatic rings. The molecule has 1 heterocycles. The molecule has 0 amide bonds. The second kappa shape index (κ2) is 4.73. The van der Waals surface area contributed by atoms with Gasteiger partial charge in [0, 0.05) is 11.4 Å². The Bertz CT molecular complexity index is 364. The average Bonchev–Trinajstić information content (AvgIpc) is 2.64. The Hall–Kier alpha value is -0.930. The Kier molecular flexibility index (Phi) is 3.34. The molecule has 1 aromatic rings. The van der Waals surface area contributed by atoms with E-state index in [1.54, 1.807) is 24.3 Å². The quantitative estimate of drug-likeness (QED) is 0.820. The minimum atomic E-state index is -0.0896. The molecule has 3 nitrogen and oxygen atoms in total. The predicted octanol–water partition coefficient (Wildman–Crippen LogP) is 3.06. The van der Waals surface area contributed by atoms with Crippen molar-refractivity contribution < 1.29 is 9.57 Å². The molecule has 0 N–H and O–H groups in total. The van der Waals surface area contributed by atoms with Crippen molar-refractivity contribution in [2.24, 2.45) is 5.16 Å². The summed E-state index contributed by atoms with van der Waals surface area (Å²) in [6.07, 6.45) is 0.517. The zero-order valence-corrected chi connectivity index (χ0v) is 9.33. The molecule has 1 aliphatic heterocycles. The van der Waals surface area contributed by atoms with Gasteiger partial charge in [-0.05, 0) is 24.3 Å². The minimum absolute atomic E-state index is 0.0896. The highest BCUT2D eigenvalue weighted by Crippen LogP contribution is 2.18. The van der Waals surface area contributed by atoms with Crippen molar-refractivity contribution in [2.75, 3.05) is 6.61 Å². The minimum Gasteiger partial charge on any atom is -0.490 e. The molecule has 0 radical (unpaired) electrons. The van der Waals surface area contributed by atoms with Crippen molar-refractivity contribution in [3.8, 4) is 5.75 Å². The molecule has 0 saturated heterocycles. The maximum atomic E-state index is 5.74. The van der Waals surface area contributed by atoms with Gasteiger partial charge >= 0.3 is 0 Å². The Labute approximate surface area is 97.6 Å². The smallest absolute Gasteiger partial charge is 0.167 e. The third-order valence-electron chi connectivity index (χ3n) is 1.95. The highest BCUT2D eigenvalue weighted by molar-refractivity contribution is 6.65. The summed E-state index contributed by atoms with van der Waals surface area (Å²) in [5.41, 5.74) is 0. The Balaban J connectivity index is 1.81. The van der Waals surface area contributed by atoms with Crippen LogP contribution in [-0.4, -0.2) is 17.9 Å². The molecule has 0 saturated carbocycles. The highest BCUT2D eigenvalue weighted by Gasteiger charge is 2.19. The van der Waals surface area contributed by atoms with E-state index in [1.807, 2.05) is 0 Å². The van der Waals surface area contributed by atoms with E-state index < -0.39 is 0 Å². The summed E-state index contributed by atoms with van der Waals surface area (Å²) in [4.78, 5) is 5.02. The van der Waals surface area contributed by atoms with Crippen molar-refractivity contribution in [1.29, 1.82) is 0 Å². The van der Waals surface area contributed by atoms with E-state index in [9.17, 15) is 0 Å². The van der Waals surface area contributed by atoms with Crippen LogP contribution in [0.2, 0.25) is 5.02 Å². The second-order valence-corrected chi connectivity index (χ2v) is 4.04. The average molecular weight is 246 g/mol. The molecule has 0 fully saturated rings. The topological polar surface area (TPSA) is 30.8 Å². The van der Waals surface area contributed by atoms with Gasteiger partial charge in [-0.15, -0.1) is 0 Å². The summed E-state index contributed by atoms with van der Waals surface area (Å²) < 4.78 is 5.48. The number of halogens is 2. The van der Waals surface area contributed by atoms with Crippen molar-refractivity contribution in [2.45, 2.75) is 12.5 Å². The van der Waals surface area contributed by atoms with Crippen LogP contribution in [0.15, 0.2) is 29.4 Å². The molecular weight excluding hydrogens is 237 g/mol. The summed E-state index contributed by atoms with van der Waals surface area (Å²) in [6.45, 7) is 0.432. The van der Waals surface area contributed by atoms with Gasteiger partial charge in [0.15, 0.2) is 6.10 Å². The van der Waals surface area contributed by atoms with Crippen LogP contribution in [0.1, 0.15) is 6.42 Å². The SMILES string of the molecule is ClC1=NOC(COc2ccc(Cl)cc2)C1. The van der Waals surface area contributed by atoms with E-state index in [4.69, 9.17) is 32.8 Å². The van der Waals surface area contributed by atoms with Gasteiger partial charge in [0.05, 0.1) is 0 Å². The molecule has 15 heavy (non-hydrogen) atoms. The van der Waals surface area contributed by atoms with Gasteiger partial charge in [0.25, 0.3) is 0 Å². The van der Waals surface area contributed by atoms with Crippen LogP contribution in [0.3, 0.4) is 0 Å². The Morgan fingerprint density at radius 2 is 2.07 bits per heavy atom. The highest BCUT2D eigenvalue weighted by atomic mass is 35.5. The van der Waals surface area contributed by atoms with Gasteiger partial charge in [0.1, 0.15) is 17.5 Å². The van der Waals surface area contributed by atoms with E-state index >= 15 is 0 Å². The number of ether oxygens (including phenoxy) is 1. The third kappa shape index (κ3) is 3.01. The van der Waals surface area contributed by atoms with Gasteiger partial charge < -0.3 is 9.57 Å². The van der Waals surface area contributed by atoms with Gasteiger partial charge in [-0.25, -0.2) is 0 Å². The van der Waals surface area contributed by atoms with Crippen LogP contribution >= 0.6 is 23.2 Å². The third-order valence-corrected chi connectivity index (χ3v) is 2.42. The molecule has 0 aliphatic carbocycles. The summed E-state index contributed by atoms with van der Waals surface area (Å²) in [6, 6.07) is 7.16. The first-order valence-corrected chi connectivity index (χ1v) is 5.26. The monoisotopic (exact) mass is 245 g/mol. The number of benzene rings is 1. The van der Waals surface area contributed by atoms with Gasteiger partial charge in [0.2, 0.25) is 0 Å². The lowest BCUT2D eigenvalue weighted by Crippen LogP contribution is -2.17. The molecule has 0 aromatic heterocycles. The summed E-state index contributed by atoms with van der Waals surface area (Å²) in [5.74, 6) is 0.756. The Morgan fingerprint density at radius 1 is 1.33 bits per heavy atom. The zero-order valence-electron chi connectivity index (χ0n) is 7.82. The maximum absolute atomic E-state index is 5.74. The molecule has 5 heteroatoms. The fourth-order valence-corrected chi connectivity index (χ4v) is 1.54. The first-order chi connectivity index (χ1) is 7.24. The van der Waals surface area contributed by atoms with Crippen molar-refractivity contribution in [3.63, 3.8) is 0 Å². The number of rotatable bonds is 3. The van der Waals surface area contributed by atoms with Crippen LogP contribution in [0.5, 0.6) is 5.75 Å². The molecule has 1 unspecified atom stereocenters. The standard InChI is InChI=1S/C10H9Cl2NO2/c11-7-1-3-8(4-2-7)14-6-9-5-10(12)13-15-9/h1-4,9H,5-6H2. The van der Waals surface area contributed by atoms with Gasteiger partial charge in [-0.1, -0.05) is 28.4 Å². The lowest BCUT2D eigenvalue weighted by Gasteiger charge is -2.09. The lowest BCUT2D eigenvalue weighted by molar-refractivity contribution is 0.0471. The van der Waals surface area contributed by atoms with Crippen molar-refractivity contribution in [3.05, 3.63) is 29.3 Å². The summed E-state index contributed by atoms with van der Waals surface area (Å²) in [5, 5.41) is 4.80. The first-order valence-electron chi connectivity index (χ1n) is 4.50. The van der Waals surface area contributed by atoms with E-state index in [1.165, 1.54) is 0 Å². The molecule has 2 rings (SSSR count). The molecule has 80 valence electrons. The zero-order chi connectivity index (χ0) is 10.7. The van der Waals surface area contributed by atoms with Crippen LogP contribution in [0.4, 0.5) is 0 Å². The fourth-order valence-electron chi connectivity index (χ4n) is 1.20. The van der Waals surface area contributed by atoms with Crippen LogP contribution in [0.25, 0.3) is 0 Å². The maximum Gasteiger partial charge on any atom is 0.167 e. The van der Waals surface area contributed by atoms with E-state index in [-0.39, 0.29) is 6.10 Å². The molecule has 0 bridgehead atoms. The normalized spacial score (nSPS) is 19.6. The van der Waals surface area contributed by atoms with Crippen molar-refractivity contribution >= 4 is 28.4 Å². The second-order valence-electron chi connectivity index (χ2n) is 3.16. The molecule has 1 atom stereocenters. The number of hydrogen-bond donors (Lipinski definition) is 0. The summed E-state index contributed by atoms with van der Waals surface area (Å²) >= 11 is 11.4. The largest absolute Gasteiger partial charge is 0.490 e. The number of hydrogen-bond acceptors (Lipinski definition) is 3. The fraction of sp³-hybridized carbons (Fsp3) is 0.300. The van der Waals surface area contributed by atoms with Gasteiger partial charge in [-0.3, -0.25) is 0 Å². The van der Waals surface area contributed by atoms with E-state index in [0.717, 1.165) is 5.75 Å². The van der Waals surface area contributed by atoms with Crippen LogP contribution in [-0.2, 0) is 4.84 Å². The number of oxime groups is 1. The van der Waals surface area contributed by atoms with E-state index in [0.29, 0.717) is 23.2 Å². The van der Waals surface area contributed by atoms with Crippen LogP contribution < -0.4 is 4.74 Å². The molecule has 0 spiro atoms.